The number of carboxylic acids is 1. The molecule has 1 N–H and O–H groups in total. The maximum atomic E-state index is 12.2. The van der Waals surface area contributed by atoms with Gasteiger partial charge < -0.3 is 19.5 Å². The van der Waals surface area contributed by atoms with Crippen LogP contribution < -0.4 is 0 Å². The highest BCUT2D eigenvalue weighted by molar-refractivity contribution is 5.81. The van der Waals surface area contributed by atoms with Crippen LogP contribution in [0.2, 0.25) is 0 Å². The van der Waals surface area contributed by atoms with E-state index in [1.165, 1.54) is 4.90 Å². The number of amides is 2. The molecule has 2 amide bonds. The molecular formula is C16H20N2O6. The van der Waals surface area contributed by atoms with Crippen LogP contribution in [0.3, 0.4) is 0 Å². The molecule has 1 atom stereocenters. The third-order valence-electron chi connectivity index (χ3n) is 3.63. The first kappa shape index (κ1) is 17.6. The van der Waals surface area contributed by atoms with Gasteiger partial charge in [-0.25, -0.2) is 14.4 Å². The van der Waals surface area contributed by atoms with Crippen molar-refractivity contribution < 1.29 is 29.0 Å². The predicted octanol–water partition coefficient (Wildman–Crippen LogP) is 1.55. The molecule has 2 rings (SSSR count). The Morgan fingerprint density at radius 2 is 1.83 bits per heavy atom. The molecule has 1 saturated heterocycles. The highest BCUT2D eigenvalue weighted by Crippen LogP contribution is 2.14. The van der Waals surface area contributed by atoms with Gasteiger partial charge in [-0.15, -0.1) is 0 Å². The lowest BCUT2D eigenvalue weighted by Crippen LogP contribution is -2.59. The van der Waals surface area contributed by atoms with E-state index in [4.69, 9.17) is 9.47 Å². The number of aliphatic carboxylic acids is 1. The number of hydrogen-bond donors (Lipinski definition) is 1. The van der Waals surface area contributed by atoms with E-state index in [-0.39, 0.29) is 32.8 Å². The molecule has 0 aromatic heterocycles. The fourth-order valence-corrected chi connectivity index (χ4v) is 2.40. The van der Waals surface area contributed by atoms with Gasteiger partial charge in [-0.3, -0.25) is 4.90 Å². The molecule has 1 aromatic carbocycles. The van der Waals surface area contributed by atoms with Gasteiger partial charge in [-0.05, 0) is 12.5 Å². The van der Waals surface area contributed by atoms with Crippen molar-refractivity contribution in [2.75, 3.05) is 26.2 Å². The number of hydrogen-bond acceptors (Lipinski definition) is 5. The summed E-state index contributed by atoms with van der Waals surface area (Å²) in [4.78, 5) is 37.8. The van der Waals surface area contributed by atoms with E-state index in [0.29, 0.717) is 0 Å². The molecular weight excluding hydrogens is 316 g/mol. The Morgan fingerprint density at radius 3 is 2.46 bits per heavy atom. The minimum Gasteiger partial charge on any atom is -0.480 e. The van der Waals surface area contributed by atoms with Crippen LogP contribution in [0.1, 0.15) is 12.5 Å². The first-order valence-electron chi connectivity index (χ1n) is 7.64. The Labute approximate surface area is 139 Å². The summed E-state index contributed by atoms with van der Waals surface area (Å²) in [5.74, 6) is -1.19. The molecule has 130 valence electrons. The van der Waals surface area contributed by atoms with Crippen LogP contribution in [0, 0.1) is 0 Å². The third kappa shape index (κ3) is 4.37. The lowest BCUT2D eigenvalue weighted by Gasteiger charge is -2.37. The molecule has 1 aliphatic heterocycles. The quantitative estimate of drug-likeness (QED) is 0.896. The molecule has 8 heteroatoms. The van der Waals surface area contributed by atoms with Crippen LogP contribution in [0.15, 0.2) is 30.3 Å². The lowest BCUT2D eigenvalue weighted by molar-refractivity contribution is -0.144. The van der Waals surface area contributed by atoms with Gasteiger partial charge in [0.2, 0.25) is 0 Å². The smallest absolute Gasteiger partial charge is 0.410 e. The van der Waals surface area contributed by atoms with Crippen LogP contribution in [0.5, 0.6) is 0 Å². The number of carbonyl (C=O) groups excluding carboxylic acids is 2. The summed E-state index contributed by atoms with van der Waals surface area (Å²) in [7, 11) is 0. The van der Waals surface area contributed by atoms with E-state index in [1.807, 2.05) is 18.2 Å². The van der Waals surface area contributed by atoms with Gasteiger partial charge in [-0.1, -0.05) is 30.3 Å². The average Bonchev–Trinajstić information content (AvgIpc) is 2.60. The van der Waals surface area contributed by atoms with Crippen LogP contribution in [-0.2, 0) is 20.9 Å². The Hall–Kier alpha value is -2.77. The lowest BCUT2D eigenvalue weighted by atomic mass is 10.2. The number of nitrogens with zero attached hydrogens (tertiary/aromatic N) is 2. The highest BCUT2D eigenvalue weighted by Gasteiger charge is 2.38. The zero-order valence-corrected chi connectivity index (χ0v) is 13.4. The van der Waals surface area contributed by atoms with Crippen molar-refractivity contribution in [3.05, 3.63) is 35.9 Å². The summed E-state index contributed by atoms with van der Waals surface area (Å²) in [6, 6.07) is 7.94. The molecule has 1 heterocycles. The monoisotopic (exact) mass is 336 g/mol. The molecule has 0 saturated carbocycles. The first-order valence-corrected chi connectivity index (χ1v) is 7.64. The number of carboxylic acid groups (broad SMARTS) is 1. The number of benzene rings is 1. The summed E-state index contributed by atoms with van der Waals surface area (Å²) >= 11 is 0. The van der Waals surface area contributed by atoms with Gasteiger partial charge in [0.1, 0.15) is 6.61 Å². The Balaban J connectivity index is 1.97. The summed E-state index contributed by atoms with van der Waals surface area (Å²) < 4.78 is 10.0. The Bertz CT molecular complexity index is 591. The summed E-state index contributed by atoms with van der Waals surface area (Å²) in [5, 5.41) is 9.34. The zero-order chi connectivity index (χ0) is 17.5. The maximum Gasteiger partial charge on any atom is 0.410 e. The Morgan fingerprint density at radius 1 is 1.12 bits per heavy atom. The van der Waals surface area contributed by atoms with Crippen LogP contribution in [-0.4, -0.2) is 65.3 Å². The van der Waals surface area contributed by atoms with Gasteiger partial charge >= 0.3 is 18.2 Å². The normalized spacial score (nSPS) is 17.3. The van der Waals surface area contributed by atoms with Crippen molar-refractivity contribution in [2.45, 2.75) is 19.6 Å². The second-order valence-electron chi connectivity index (χ2n) is 5.23. The average molecular weight is 336 g/mol. The van der Waals surface area contributed by atoms with Crippen LogP contribution in [0.25, 0.3) is 0 Å². The van der Waals surface area contributed by atoms with Crippen molar-refractivity contribution >= 4 is 18.2 Å². The molecule has 0 aliphatic carbocycles. The topological polar surface area (TPSA) is 96.4 Å². The minimum absolute atomic E-state index is 0.0596. The third-order valence-corrected chi connectivity index (χ3v) is 3.63. The fraction of sp³-hybridized carbons (Fsp3) is 0.438. The maximum absolute atomic E-state index is 12.2. The SMILES string of the molecule is CCOC(=O)N1CCN(C(=O)OCc2ccccc2)[C@@H](C(=O)O)C1. The number of carbonyl (C=O) groups is 3. The van der Waals surface area contributed by atoms with Crippen molar-refractivity contribution in [1.82, 2.24) is 9.80 Å². The van der Waals surface area contributed by atoms with Crippen molar-refractivity contribution in [2.24, 2.45) is 0 Å². The highest BCUT2D eigenvalue weighted by atomic mass is 16.6. The Kier molecular flexibility index (Phi) is 6.00. The largest absolute Gasteiger partial charge is 0.480 e. The van der Waals surface area contributed by atoms with E-state index in [1.54, 1.807) is 19.1 Å². The standard InChI is InChI=1S/C16H20N2O6/c1-2-23-15(21)17-8-9-18(13(10-17)14(19)20)16(22)24-11-12-6-4-3-5-7-12/h3-7,13H,2,8-11H2,1H3,(H,19,20)/t13-/m1/s1. The molecule has 0 bridgehead atoms. The van der Waals surface area contributed by atoms with Crippen molar-refractivity contribution in [1.29, 1.82) is 0 Å². The van der Waals surface area contributed by atoms with E-state index in [2.05, 4.69) is 0 Å². The van der Waals surface area contributed by atoms with Crippen molar-refractivity contribution in [3.8, 4) is 0 Å². The molecule has 0 radical (unpaired) electrons. The summed E-state index contributed by atoms with van der Waals surface area (Å²) in [6.45, 7) is 2.07. The van der Waals surface area contributed by atoms with Gasteiger partial charge in [0.25, 0.3) is 0 Å². The molecule has 8 nitrogen and oxygen atoms in total. The number of piperazine rings is 1. The van der Waals surface area contributed by atoms with Crippen LogP contribution >= 0.6 is 0 Å². The van der Waals surface area contributed by atoms with Gasteiger partial charge in [0.15, 0.2) is 6.04 Å². The fourth-order valence-electron chi connectivity index (χ4n) is 2.40. The summed E-state index contributed by atoms with van der Waals surface area (Å²) in [6.07, 6.45) is -1.30. The van der Waals surface area contributed by atoms with Crippen LogP contribution in [0.4, 0.5) is 9.59 Å². The summed E-state index contributed by atoms with van der Waals surface area (Å²) in [5.41, 5.74) is 0.808. The molecule has 1 aromatic rings. The van der Waals surface area contributed by atoms with Gasteiger partial charge in [0, 0.05) is 13.1 Å². The predicted molar refractivity (Wildman–Crippen MR) is 83.4 cm³/mol. The molecule has 0 spiro atoms. The second-order valence-corrected chi connectivity index (χ2v) is 5.23. The molecule has 1 aliphatic rings. The zero-order valence-electron chi connectivity index (χ0n) is 13.4. The molecule has 1 fully saturated rings. The number of ether oxygens (including phenoxy) is 2. The second kappa shape index (κ2) is 8.19. The minimum atomic E-state index is -1.19. The van der Waals surface area contributed by atoms with E-state index in [0.717, 1.165) is 10.5 Å². The molecule has 0 unspecified atom stereocenters. The first-order chi connectivity index (χ1) is 11.5. The van der Waals surface area contributed by atoms with E-state index in [9.17, 15) is 19.5 Å². The van der Waals surface area contributed by atoms with Gasteiger partial charge in [-0.2, -0.15) is 0 Å². The van der Waals surface area contributed by atoms with Gasteiger partial charge in [0.05, 0.1) is 13.2 Å². The van der Waals surface area contributed by atoms with Crippen molar-refractivity contribution in [3.63, 3.8) is 0 Å². The van der Waals surface area contributed by atoms with E-state index < -0.39 is 24.2 Å². The molecule has 24 heavy (non-hydrogen) atoms. The number of rotatable bonds is 4. The van der Waals surface area contributed by atoms with E-state index >= 15 is 0 Å².